The number of hydrogen-bond acceptors (Lipinski definition) is 0. The van der Waals surface area contributed by atoms with Crippen LogP contribution in [0.2, 0.25) is 0 Å². The summed E-state index contributed by atoms with van der Waals surface area (Å²) in [4.78, 5) is 0. The van der Waals surface area contributed by atoms with E-state index >= 15 is 0 Å². The molecule has 4 saturated carbocycles. The standard InChI is InChI=1S/C15H26/c1-14(2,3)15(4)12-6-10-5-11(8-12)9-13(15)7-10/h10-13H,5-9H2,1-4H3. The van der Waals surface area contributed by atoms with Gasteiger partial charge >= 0.3 is 0 Å². The molecule has 0 radical (unpaired) electrons. The molecule has 0 saturated heterocycles. The third-order valence-corrected chi connectivity index (χ3v) is 6.45. The van der Waals surface area contributed by atoms with Crippen LogP contribution in [0.4, 0.5) is 0 Å². The van der Waals surface area contributed by atoms with Gasteiger partial charge in [0.05, 0.1) is 0 Å². The fraction of sp³-hybridized carbons (Fsp3) is 1.00. The molecule has 0 amide bonds. The van der Waals surface area contributed by atoms with Crippen LogP contribution in [-0.4, -0.2) is 0 Å². The van der Waals surface area contributed by atoms with Crippen molar-refractivity contribution >= 4 is 0 Å². The molecule has 0 atom stereocenters. The molecule has 0 nitrogen and oxygen atoms in total. The Labute approximate surface area is 94.8 Å². The van der Waals surface area contributed by atoms with E-state index in [2.05, 4.69) is 27.7 Å². The smallest absolute Gasteiger partial charge is 0.0220 e. The van der Waals surface area contributed by atoms with Gasteiger partial charge in [0.1, 0.15) is 0 Å². The highest BCUT2D eigenvalue weighted by Gasteiger charge is 2.58. The molecule has 0 spiro atoms. The fourth-order valence-corrected chi connectivity index (χ4v) is 5.39. The molecule has 0 heterocycles. The molecular weight excluding hydrogens is 180 g/mol. The van der Waals surface area contributed by atoms with Gasteiger partial charge in [0.25, 0.3) is 0 Å². The maximum atomic E-state index is 2.61. The Morgan fingerprint density at radius 1 is 0.800 bits per heavy atom. The van der Waals surface area contributed by atoms with Gasteiger partial charge in [-0.3, -0.25) is 0 Å². The maximum Gasteiger partial charge on any atom is -0.0220 e. The minimum absolute atomic E-state index is 0.510. The van der Waals surface area contributed by atoms with Gasteiger partial charge in [0.15, 0.2) is 0 Å². The van der Waals surface area contributed by atoms with E-state index in [1.807, 2.05) is 0 Å². The van der Waals surface area contributed by atoms with Crippen molar-refractivity contribution in [1.82, 2.24) is 0 Å². The molecule has 0 aromatic heterocycles. The zero-order valence-electron chi connectivity index (χ0n) is 10.8. The van der Waals surface area contributed by atoms with Crippen molar-refractivity contribution in [1.29, 1.82) is 0 Å². The molecule has 0 N–H and O–H groups in total. The maximum absolute atomic E-state index is 2.61. The highest BCUT2D eigenvalue weighted by Crippen LogP contribution is 2.67. The molecule has 15 heavy (non-hydrogen) atoms. The van der Waals surface area contributed by atoms with Gasteiger partial charge in [0.2, 0.25) is 0 Å². The first kappa shape index (κ1) is 10.2. The zero-order valence-corrected chi connectivity index (χ0v) is 10.8. The second kappa shape index (κ2) is 2.81. The van der Waals surface area contributed by atoms with E-state index in [0.29, 0.717) is 10.8 Å². The molecule has 0 aromatic carbocycles. The first-order valence-corrected chi connectivity index (χ1v) is 6.91. The molecule has 4 aliphatic carbocycles. The van der Waals surface area contributed by atoms with E-state index in [9.17, 15) is 0 Å². The Kier molecular flexibility index (Phi) is 1.91. The Bertz CT molecular complexity index is 240. The van der Waals surface area contributed by atoms with Crippen LogP contribution in [0.15, 0.2) is 0 Å². The van der Waals surface area contributed by atoms with Gasteiger partial charge in [0, 0.05) is 0 Å². The van der Waals surface area contributed by atoms with Gasteiger partial charge in [-0.1, -0.05) is 27.7 Å². The largest absolute Gasteiger partial charge is 0.0596 e. The first-order chi connectivity index (χ1) is 6.91. The lowest BCUT2D eigenvalue weighted by Gasteiger charge is -2.65. The molecule has 4 fully saturated rings. The number of rotatable bonds is 0. The lowest BCUT2D eigenvalue weighted by molar-refractivity contribution is -0.153. The summed E-state index contributed by atoms with van der Waals surface area (Å²) in [6, 6.07) is 0. The van der Waals surface area contributed by atoms with Crippen LogP contribution in [0.1, 0.15) is 59.8 Å². The molecular formula is C15H26. The normalized spacial score (nSPS) is 53.6. The second-order valence-corrected chi connectivity index (χ2v) is 7.84. The summed E-state index contributed by atoms with van der Waals surface area (Å²) in [6.45, 7) is 10.1. The van der Waals surface area contributed by atoms with Gasteiger partial charge in [-0.05, 0) is 66.6 Å². The Balaban J connectivity index is 1.98. The molecule has 0 aliphatic heterocycles. The third kappa shape index (κ3) is 1.20. The predicted octanol–water partition coefficient (Wildman–Crippen LogP) is 4.49. The highest BCUT2D eigenvalue weighted by atomic mass is 14.6. The zero-order chi connectivity index (χ0) is 10.8. The van der Waals surface area contributed by atoms with E-state index in [-0.39, 0.29) is 0 Å². The van der Waals surface area contributed by atoms with Crippen LogP contribution in [0.5, 0.6) is 0 Å². The SMILES string of the molecule is CC(C)(C)C1(C)C2CC3CC(C2)CC1C3. The topological polar surface area (TPSA) is 0 Å². The van der Waals surface area contributed by atoms with Crippen LogP contribution < -0.4 is 0 Å². The summed E-state index contributed by atoms with van der Waals surface area (Å²) in [6.07, 6.45) is 7.80. The van der Waals surface area contributed by atoms with Crippen molar-refractivity contribution in [2.24, 2.45) is 34.5 Å². The Hall–Kier alpha value is 0. The highest BCUT2D eigenvalue weighted by molar-refractivity contribution is 5.08. The monoisotopic (exact) mass is 206 g/mol. The molecule has 4 rings (SSSR count). The van der Waals surface area contributed by atoms with Crippen molar-refractivity contribution in [3.8, 4) is 0 Å². The van der Waals surface area contributed by atoms with E-state index < -0.39 is 0 Å². The van der Waals surface area contributed by atoms with Gasteiger partial charge in [-0.2, -0.15) is 0 Å². The van der Waals surface area contributed by atoms with Crippen molar-refractivity contribution in [2.45, 2.75) is 59.8 Å². The van der Waals surface area contributed by atoms with Crippen molar-refractivity contribution in [3.63, 3.8) is 0 Å². The average molecular weight is 206 g/mol. The summed E-state index contributed by atoms with van der Waals surface area (Å²) in [7, 11) is 0. The minimum Gasteiger partial charge on any atom is -0.0596 e. The Morgan fingerprint density at radius 3 is 1.53 bits per heavy atom. The molecule has 0 unspecified atom stereocenters. The predicted molar refractivity (Wildman–Crippen MR) is 64.6 cm³/mol. The molecule has 4 aliphatic rings. The van der Waals surface area contributed by atoms with Crippen LogP contribution in [-0.2, 0) is 0 Å². The van der Waals surface area contributed by atoms with Crippen LogP contribution in [0.3, 0.4) is 0 Å². The molecule has 86 valence electrons. The van der Waals surface area contributed by atoms with E-state index in [4.69, 9.17) is 0 Å². The molecule has 0 aromatic rings. The van der Waals surface area contributed by atoms with Crippen LogP contribution >= 0.6 is 0 Å². The third-order valence-electron chi connectivity index (χ3n) is 6.45. The first-order valence-electron chi connectivity index (χ1n) is 6.91. The lowest BCUT2D eigenvalue weighted by Crippen LogP contribution is -2.56. The molecule has 4 bridgehead atoms. The van der Waals surface area contributed by atoms with Crippen molar-refractivity contribution in [3.05, 3.63) is 0 Å². The van der Waals surface area contributed by atoms with E-state index in [1.54, 1.807) is 32.1 Å². The van der Waals surface area contributed by atoms with Gasteiger partial charge in [-0.25, -0.2) is 0 Å². The lowest BCUT2D eigenvalue weighted by atomic mass is 9.40. The van der Waals surface area contributed by atoms with Crippen molar-refractivity contribution in [2.75, 3.05) is 0 Å². The van der Waals surface area contributed by atoms with E-state index in [1.165, 1.54) is 0 Å². The van der Waals surface area contributed by atoms with E-state index in [0.717, 1.165) is 23.7 Å². The van der Waals surface area contributed by atoms with Gasteiger partial charge in [-0.15, -0.1) is 0 Å². The van der Waals surface area contributed by atoms with Crippen LogP contribution in [0.25, 0.3) is 0 Å². The summed E-state index contributed by atoms with van der Waals surface area (Å²) < 4.78 is 0. The second-order valence-electron chi connectivity index (χ2n) is 7.84. The van der Waals surface area contributed by atoms with Crippen molar-refractivity contribution < 1.29 is 0 Å². The summed E-state index contributed by atoms with van der Waals surface area (Å²) >= 11 is 0. The van der Waals surface area contributed by atoms with Gasteiger partial charge < -0.3 is 0 Å². The quantitative estimate of drug-likeness (QED) is 0.547. The fourth-order valence-electron chi connectivity index (χ4n) is 5.39. The average Bonchev–Trinajstić information content (AvgIpc) is 2.10. The summed E-state index contributed by atoms with van der Waals surface area (Å²) in [5.74, 6) is 4.33. The number of hydrogen-bond donors (Lipinski definition) is 0. The summed E-state index contributed by atoms with van der Waals surface area (Å²) in [5, 5.41) is 0. The summed E-state index contributed by atoms with van der Waals surface area (Å²) in [5.41, 5.74) is 1.15. The Morgan fingerprint density at radius 2 is 1.20 bits per heavy atom. The minimum atomic E-state index is 0.510. The molecule has 0 heteroatoms. The van der Waals surface area contributed by atoms with Crippen LogP contribution in [0, 0.1) is 34.5 Å².